The van der Waals surface area contributed by atoms with E-state index in [0.29, 0.717) is 18.8 Å². The number of nitrogens with zero attached hydrogens (tertiary/aromatic N) is 5. The smallest absolute Gasteiger partial charge is 0.272 e. The van der Waals surface area contributed by atoms with E-state index >= 15 is 0 Å². The molecule has 7 heteroatoms. The van der Waals surface area contributed by atoms with Crippen LogP contribution in [-0.4, -0.2) is 51.8 Å². The third kappa shape index (κ3) is 2.54. The van der Waals surface area contributed by atoms with E-state index in [-0.39, 0.29) is 5.91 Å². The first kappa shape index (κ1) is 15.1. The number of rotatable bonds is 2. The first-order chi connectivity index (χ1) is 11.6. The van der Waals surface area contributed by atoms with Gasteiger partial charge in [0, 0.05) is 33.2 Å². The molecule has 1 aromatic carbocycles. The highest BCUT2D eigenvalue weighted by atomic mass is 32.1. The summed E-state index contributed by atoms with van der Waals surface area (Å²) < 4.78 is 2.87. The Morgan fingerprint density at radius 1 is 1.17 bits per heavy atom. The lowest BCUT2D eigenvalue weighted by Crippen LogP contribution is -2.49. The molecule has 0 atom stereocenters. The van der Waals surface area contributed by atoms with Crippen LogP contribution in [0.4, 0.5) is 5.13 Å². The van der Waals surface area contributed by atoms with Crippen molar-refractivity contribution in [2.75, 3.05) is 31.1 Å². The van der Waals surface area contributed by atoms with Crippen molar-refractivity contribution in [2.45, 2.75) is 6.92 Å². The highest BCUT2D eigenvalue weighted by Gasteiger charge is 2.26. The van der Waals surface area contributed by atoms with Gasteiger partial charge >= 0.3 is 0 Å². The molecule has 6 nitrogen and oxygen atoms in total. The molecule has 1 amide bonds. The molecule has 0 N–H and O–H groups in total. The first-order valence-corrected chi connectivity index (χ1v) is 8.83. The fourth-order valence-electron chi connectivity index (χ4n) is 3.10. The lowest BCUT2D eigenvalue weighted by Gasteiger charge is -2.34. The summed E-state index contributed by atoms with van der Waals surface area (Å²) in [6.07, 6.45) is 1.74. The van der Waals surface area contributed by atoms with E-state index in [2.05, 4.69) is 16.1 Å². The second-order valence-corrected chi connectivity index (χ2v) is 7.05. The van der Waals surface area contributed by atoms with E-state index in [9.17, 15) is 4.79 Å². The number of hydrogen-bond acceptors (Lipinski definition) is 5. The minimum atomic E-state index is 0.0662. The number of anilines is 1. The molecule has 1 saturated heterocycles. The number of hydrogen-bond donors (Lipinski definition) is 0. The van der Waals surface area contributed by atoms with Gasteiger partial charge in [0.1, 0.15) is 5.69 Å². The standard InChI is InChI=1S/C17H19N5OS/c1-12-11-18-20(2)15(12)16(23)21-7-9-22(10-8-21)17-19-13-5-3-4-6-14(13)24-17/h3-6,11H,7-10H2,1-2H3. The van der Waals surface area contributed by atoms with Gasteiger partial charge in [0.2, 0.25) is 0 Å². The van der Waals surface area contributed by atoms with Crippen molar-refractivity contribution in [3.05, 3.63) is 41.7 Å². The summed E-state index contributed by atoms with van der Waals surface area (Å²) in [5, 5.41) is 5.21. The lowest BCUT2D eigenvalue weighted by molar-refractivity contribution is 0.0735. The van der Waals surface area contributed by atoms with Crippen LogP contribution in [0.25, 0.3) is 10.2 Å². The van der Waals surface area contributed by atoms with Gasteiger partial charge in [0.25, 0.3) is 5.91 Å². The van der Waals surface area contributed by atoms with Gasteiger partial charge in [0.15, 0.2) is 5.13 Å². The second-order valence-electron chi connectivity index (χ2n) is 6.04. The number of fused-ring (bicyclic) bond motifs is 1. The van der Waals surface area contributed by atoms with Crippen molar-refractivity contribution in [3.63, 3.8) is 0 Å². The Kier molecular flexibility index (Phi) is 3.72. The molecule has 0 spiro atoms. The molecule has 24 heavy (non-hydrogen) atoms. The summed E-state index contributed by atoms with van der Waals surface area (Å²) in [7, 11) is 1.82. The summed E-state index contributed by atoms with van der Waals surface area (Å²) in [4.78, 5) is 21.6. The quantitative estimate of drug-likeness (QED) is 0.718. The predicted molar refractivity (Wildman–Crippen MR) is 95.7 cm³/mol. The number of para-hydroxylation sites is 1. The SMILES string of the molecule is Cc1cnn(C)c1C(=O)N1CCN(c2nc3ccccc3s2)CC1. The minimum absolute atomic E-state index is 0.0662. The van der Waals surface area contributed by atoms with Gasteiger partial charge in [-0.15, -0.1) is 0 Å². The predicted octanol–water partition coefficient (Wildman–Crippen LogP) is 2.30. The van der Waals surface area contributed by atoms with Crippen LogP contribution in [0.3, 0.4) is 0 Å². The normalized spacial score (nSPS) is 15.2. The number of carbonyl (C=O) groups is 1. The van der Waals surface area contributed by atoms with E-state index in [1.165, 1.54) is 4.70 Å². The summed E-state index contributed by atoms with van der Waals surface area (Å²) in [6, 6.07) is 8.19. The van der Waals surface area contributed by atoms with Gasteiger partial charge in [-0.25, -0.2) is 4.98 Å². The molecule has 0 saturated carbocycles. The Bertz CT molecular complexity index is 839. The van der Waals surface area contributed by atoms with Gasteiger partial charge < -0.3 is 9.80 Å². The van der Waals surface area contributed by atoms with Crippen LogP contribution in [0.5, 0.6) is 0 Å². The Morgan fingerprint density at radius 2 is 1.92 bits per heavy atom. The molecule has 124 valence electrons. The highest BCUT2D eigenvalue weighted by Crippen LogP contribution is 2.29. The van der Waals surface area contributed by atoms with Crippen LogP contribution in [-0.2, 0) is 7.05 Å². The summed E-state index contributed by atoms with van der Waals surface area (Å²) in [6.45, 7) is 4.96. The number of benzene rings is 1. The Labute approximate surface area is 144 Å². The highest BCUT2D eigenvalue weighted by molar-refractivity contribution is 7.22. The zero-order valence-corrected chi connectivity index (χ0v) is 14.6. The molecule has 2 aromatic heterocycles. The van der Waals surface area contributed by atoms with Crippen LogP contribution < -0.4 is 4.90 Å². The Morgan fingerprint density at radius 3 is 2.58 bits per heavy atom. The number of aromatic nitrogens is 3. The fraction of sp³-hybridized carbons (Fsp3) is 0.353. The molecule has 0 unspecified atom stereocenters. The van der Waals surface area contributed by atoms with Crippen LogP contribution in [0.2, 0.25) is 0 Å². The van der Waals surface area contributed by atoms with Gasteiger partial charge in [-0.3, -0.25) is 9.48 Å². The van der Waals surface area contributed by atoms with Crippen LogP contribution in [0, 0.1) is 6.92 Å². The second kappa shape index (κ2) is 5.90. The maximum Gasteiger partial charge on any atom is 0.272 e. The van der Waals surface area contributed by atoms with Gasteiger partial charge in [-0.2, -0.15) is 5.10 Å². The van der Waals surface area contributed by atoms with Gasteiger partial charge in [0.05, 0.1) is 16.4 Å². The molecule has 4 rings (SSSR count). The number of amides is 1. The molecular weight excluding hydrogens is 322 g/mol. The van der Waals surface area contributed by atoms with E-state index in [1.54, 1.807) is 22.2 Å². The van der Waals surface area contributed by atoms with Crippen LogP contribution in [0.15, 0.2) is 30.5 Å². The summed E-state index contributed by atoms with van der Waals surface area (Å²) in [5.41, 5.74) is 2.65. The number of piperazine rings is 1. The first-order valence-electron chi connectivity index (χ1n) is 8.02. The summed E-state index contributed by atoms with van der Waals surface area (Å²) in [5.74, 6) is 0.0662. The number of carbonyl (C=O) groups excluding carboxylic acids is 1. The number of thiazole rings is 1. The maximum absolute atomic E-state index is 12.7. The van der Waals surface area contributed by atoms with Crippen molar-refractivity contribution < 1.29 is 4.79 Å². The molecule has 1 aliphatic heterocycles. The zero-order valence-electron chi connectivity index (χ0n) is 13.8. The monoisotopic (exact) mass is 341 g/mol. The van der Waals surface area contributed by atoms with E-state index in [1.807, 2.05) is 37.1 Å². The minimum Gasteiger partial charge on any atom is -0.345 e. The van der Waals surface area contributed by atoms with Crippen molar-refractivity contribution in [1.82, 2.24) is 19.7 Å². The fourth-order valence-corrected chi connectivity index (χ4v) is 4.12. The summed E-state index contributed by atoms with van der Waals surface area (Å²) >= 11 is 1.71. The van der Waals surface area contributed by atoms with Crippen molar-refractivity contribution in [1.29, 1.82) is 0 Å². The molecule has 3 heterocycles. The van der Waals surface area contributed by atoms with Crippen molar-refractivity contribution in [3.8, 4) is 0 Å². The van der Waals surface area contributed by atoms with Crippen LogP contribution >= 0.6 is 11.3 Å². The number of aryl methyl sites for hydroxylation is 2. The molecule has 3 aromatic rings. The van der Waals surface area contributed by atoms with E-state index in [0.717, 1.165) is 29.3 Å². The van der Waals surface area contributed by atoms with Crippen LogP contribution in [0.1, 0.15) is 16.1 Å². The largest absolute Gasteiger partial charge is 0.345 e. The van der Waals surface area contributed by atoms with Crippen molar-refractivity contribution >= 4 is 32.6 Å². The average Bonchev–Trinajstić information content (AvgIpc) is 3.18. The molecular formula is C17H19N5OS. The topological polar surface area (TPSA) is 54.3 Å². The maximum atomic E-state index is 12.7. The lowest BCUT2D eigenvalue weighted by atomic mass is 10.2. The molecule has 0 bridgehead atoms. The Hall–Kier alpha value is -2.41. The molecule has 0 radical (unpaired) electrons. The third-order valence-corrected chi connectivity index (χ3v) is 5.54. The van der Waals surface area contributed by atoms with Crippen molar-refractivity contribution in [2.24, 2.45) is 7.05 Å². The Balaban J connectivity index is 1.47. The van der Waals surface area contributed by atoms with Gasteiger partial charge in [-0.05, 0) is 24.6 Å². The molecule has 1 aliphatic rings. The van der Waals surface area contributed by atoms with Gasteiger partial charge in [-0.1, -0.05) is 23.5 Å². The van der Waals surface area contributed by atoms with E-state index < -0.39 is 0 Å². The average molecular weight is 341 g/mol. The van der Waals surface area contributed by atoms with E-state index in [4.69, 9.17) is 4.98 Å². The zero-order chi connectivity index (χ0) is 16.7. The third-order valence-electron chi connectivity index (χ3n) is 4.44. The molecule has 1 fully saturated rings. The molecule has 0 aliphatic carbocycles.